The van der Waals surface area contributed by atoms with Crippen LogP contribution in [0.1, 0.15) is 11.3 Å². The lowest BCUT2D eigenvalue weighted by atomic mass is 10.1. The maximum Gasteiger partial charge on any atom is 0.127 e. The number of H-pyrrole nitrogens is 1. The molecule has 0 fully saturated rings. The van der Waals surface area contributed by atoms with E-state index in [1.54, 1.807) is 12.3 Å². The molecule has 4 heteroatoms. The molecule has 0 aliphatic rings. The predicted molar refractivity (Wildman–Crippen MR) is 60.1 cm³/mol. The molecule has 1 aromatic carbocycles. The molecule has 2 rings (SSSR count). The van der Waals surface area contributed by atoms with Crippen LogP contribution in [0.3, 0.4) is 0 Å². The minimum Gasteiger partial charge on any atom is -0.283 e. The van der Waals surface area contributed by atoms with Crippen LogP contribution >= 0.6 is 15.9 Å². The van der Waals surface area contributed by atoms with Gasteiger partial charge in [0.25, 0.3) is 0 Å². The van der Waals surface area contributed by atoms with Gasteiger partial charge in [-0.15, -0.1) is 0 Å². The molecule has 0 amide bonds. The van der Waals surface area contributed by atoms with Gasteiger partial charge in [-0.1, -0.05) is 22.0 Å². The number of aromatic nitrogens is 2. The van der Waals surface area contributed by atoms with E-state index in [1.165, 1.54) is 6.07 Å². The van der Waals surface area contributed by atoms with Gasteiger partial charge in [0.1, 0.15) is 5.82 Å². The van der Waals surface area contributed by atoms with Crippen LogP contribution in [0, 0.1) is 5.82 Å². The molecular formula is C11H10BrFN2. The highest BCUT2D eigenvalue weighted by Gasteiger charge is 2.03. The fourth-order valence-electron chi connectivity index (χ4n) is 1.42. The number of aromatic amines is 1. The summed E-state index contributed by atoms with van der Waals surface area (Å²) in [6.45, 7) is 0. The van der Waals surface area contributed by atoms with Crippen LogP contribution in [0.25, 0.3) is 0 Å². The zero-order valence-electron chi connectivity index (χ0n) is 8.00. The van der Waals surface area contributed by atoms with Crippen molar-refractivity contribution in [2.24, 2.45) is 0 Å². The lowest BCUT2D eigenvalue weighted by Crippen LogP contribution is -1.95. The van der Waals surface area contributed by atoms with E-state index in [-0.39, 0.29) is 5.82 Å². The monoisotopic (exact) mass is 268 g/mol. The molecule has 0 saturated heterocycles. The molecule has 78 valence electrons. The Hall–Kier alpha value is -1.16. The zero-order valence-corrected chi connectivity index (χ0v) is 9.59. The second kappa shape index (κ2) is 4.57. The number of nitrogens with zero attached hydrogens (tertiary/aromatic N) is 1. The average Bonchev–Trinajstić information content (AvgIpc) is 2.69. The molecule has 1 heterocycles. The van der Waals surface area contributed by atoms with Crippen molar-refractivity contribution in [3.05, 3.63) is 52.0 Å². The van der Waals surface area contributed by atoms with Crippen LogP contribution in [-0.2, 0) is 12.8 Å². The van der Waals surface area contributed by atoms with Gasteiger partial charge < -0.3 is 0 Å². The third-order valence-electron chi connectivity index (χ3n) is 2.24. The van der Waals surface area contributed by atoms with E-state index in [0.29, 0.717) is 6.42 Å². The zero-order chi connectivity index (χ0) is 10.7. The molecular weight excluding hydrogens is 259 g/mol. The summed E-state index contributed by atoms with van der Waals surface area (Å²) in [5, 5.41) is 6.70. The second-order valence-corrected chi connectivity index (χ2v) is 4.23. The molecule has 2 nitrogen and oxygen atoms in total. The average molecular weight is 269 g/mol. The van der Waals surface area contributed by atoms with Crippen LogP contribution < -0.4 is 0 Å². The fourth-order valence-corrected chi connectivity index (χ4v) is 1.75. The molecule has 2 aromatic rings. The summed E-state index contributed by atoms with van der Waals surface area (Å²) in [7, 11) is 0. The minimum atomic E-state index is -0.163. The Morgan fingerprint density at radius 2 is 2.13 bits per heavy atom. The fraction of sp³-hybridized carbons (Fsp3) is 0.182. The standard InChI is InChI=1S/C11H10BrFN2/c12-9-3-1-8(11(13)7-9)2-4-10-5-6-14-15-10/h1,3,5-7H,2,4H2,(H,14,15). The largest absolute Gasteiger partial charge is 0.283 e. The second-order valence-electron chi connectivity index (χ2n) is 3.32. The molecule has 1 aromatic heterocycles. The van der Waals surface area contributed by atoms with Gasteiger partial charge in [0.15, 0.2) is 0 Å². The SMILES string of the molecule is Fc1cc(Br)ccc1CCc1ccn[nH]1. The topological polar surface area (TPSA) is 28.7 Å². The predicted octanol–water partition coefficient (Wildman–Crippen LogP) is 3.10. The molecule has 0 spiro atoms. The molecule has 1 N–H and O–H groups in total. The lowest BCUT2D eigenvalue weighted by molar-refractivity contribution is 0.607. The van der Waals surface area contributed by atoms with Gasteiger partial charge in [-0.3, -0.25) is 5.10 Å². The number of halogens is 2. The first kappa shape index (κ1) is 10.4. The van der Waals surface area contributed by atoms with Crippen LogP contribution in [0.5, 0.6) is 0 Å². The van der Waals surface area contributed by atoms with E-state index < -0.39 is 0 Å². The Labute approximate surface area is 95.6 Å². The van der Waals surface area contributed by atoms with Gasteiger partial charge >= 0.3 is 0 Å². The van der Waals surface area contributed by atoms with E-state index in [9.17, 15) is 4.39 Å². The van der Waals surface area contributed by atoms with E-state index in [1.807, 2.05) is 12.1 Å². The van der Waals surface area contributed by atoms with Gasteiger partial charge in [-0.25, -0.2) is 4.39 Å². The summed E-state index contributed by atoms with van der Waals surface area (Å²) in [6, 6.07) is 7.04. The van der Waals surface area contributed by atoms with Crippen molar-refractivity contribution in [1.82, 2.24) is 10.2 Å². The Morgan fingerprint density at radius 1 is 1.27 bits per heavy atom. The molecule has 0 unspecified atom stereocenters. The third kappa shape index (κ3) is 2.65. The molecule has 0 radical (unpaired) electrons. The maximum atomic E-state index is 13.4. The summed E-state index contributed by atoms with van der Waals surface area (Å²) in [6.07, 6.45) is 3.16. The lowest BCUT2D eigenvalue weighted by Gasteiger charge is -2.02. The van der Waals surface area contributed by atoms with Crippen molar-refractivity contribution in [3.8, 4) is 0 Å². The summed E-state index contributed by atoms with van der Waals surface area (Å²) in [5.41, 5.74) is 1.75. The van der Waals surface area contributed by atoms with E-state index in [4.69, 9.17) is 0 Å². The first-order chi connectivity index (χ1) is 7.25. The van der Waals surface area contributed by atoms with Crippen molar-refractivity contribution in [3.63, 3.8) is 0 Å². The van der Waals surface area contributed by atoms with Gasteiger partial charge in [0.2, 0.25) is 0 Å². The molecule has 0 aliphatic heterocycles. The summed E-state index contributed by atoms with van der Waals surface area (Å²) >= 11 is 3.23. The smallest absolute Gasteiger partial charge is 0.127 e. The van der Waals surface area contributed by atoms with E-state index in [0.717, 1.165) is 22.2 Å². The van der Waals surface area contributed by atoms with Crippen molar-refractivity contribution in [2.45, 2.75) is 12.8 Å². The van der Waals surface area contributed by atoms with Gasteiger partial charge in [0.05, 0.1) is 0 Å². The normalized spacial score (nSPS) is 10.5. The third-order valence-corrected chi connectivity index (χ3v) is 2.73. The number of nitrogens with one attached hydrogen (secondary N) is 1. The summed E-state index contributed by atoms with van der Waals surface area (Å²) in [5.74, 6) is -0.163. The van der Waals surface area contributed by atoms with E-state index in [2.05, 4.69) is 26.1 Å². The highest BCUT2D eigenvalue weighted by molar-refractivity contribution is 9.10. The highest BCUT2D eigenvalue weighted by Crippen LogP contribution is 2.16. The first-order valence-electron chi connectivity index (χ1n) is 4.68. The first-order valence-corrected chi connectivity index (χ1v) is 5.47. The summed E-state index contributed by atoms with van der Waals surface area (Å²) < 4.78 is 14.2. The molecule has 15 heavy (non-hydrogen) atoms. The number of hydrogen-bond acceptors (Lipinski definition) is 1. The van der Waals surface area contributed by atoms with Crippen LogP contribution in [0.2, 0.25) is 0 Å². The van der Waals surface area contributed by atoms with Crippen LogP contribution in [-0.4, -0.2) is 10.2 Å². The van der Waals surface area contributed by atoms with Gasteiger partial charge in [-0.2, -0.15) is 5.10 Å². The number of rotatable bonds is 3. The Balaban J connectivity index is 2.05. The van der Waals surface area contributed by atoms with Crippen molar-refractivity contribution >= 4 is 15.9 Å². The van der Waals surface area contributed by atoms with Crippen LogP contribution in [0.4, 0.5) is 4.39 Å². The van der Waals surface area contributed by atoms with Crippen molar-refractivity contribution in [2.75, 3.05) is 0 Å². The van der Waals surface area contributed by atoms with Crippen molar-refractivity contribution < 1.29 is 4.39 Å². The quantitative estimate of drug-likeness (QED) is 0.911. The maximum absolute atomic E-state index is 13.4. The van der Waals surface area contributed by atoms with Gasteiger partial charge in [0, 0.05) is 16.4 Å². The highest BCUT2D eigenvalue weighted by atomic mass is 79.9. The summed E-state index contributed by atoms with van der Waals surface area (Å²) in [4.78, 5) is 0. The molecule has 0 atom stereocenters. The Bertz CT molecular complexity index is 440. The molecule has 0 aliphatic carbocycles. The Morgan fingerprint density at radius 3 is 2.80 bits per heavy atom. The minimum absolute atomic E-state index is 0.163. The number of aryl methyl sites for hydroxylation is 2. The molecule has 0 saturated carbocycles. The van der Waals surface area contributed by atoms with Gasteiger partial charge in [-0.05, 0) is 36.6 Å². The van der Waals surface area contributed by atoms with Crippen molar-refractivity contribution in [1.29, 1.82) is 0 Å². The molecule has 0 bridgehead atoms. The number of benzene rings is 1. The van der Waals surface area contributed by atoms with E-state index >= 15 is 0 Å². The van der Waals surface area contributed by atoms with Crippen LogP contribution in [0.15, 0.2) is 34.9 Å². The Kier molecular flexibility index (Phi) is 3.16. The number of hydrogen-bond donors (Lipinski definition) is 1.